The van der Waals surface area contributed by atoms with E-state index in [1.54, 1.807) is 0 Å². The summed E-state index contributed by atoms with van der Waals surface area (Å²) in [5, 5.41) is 0.775. The zero-order chi connectivity index (χ0) is 18.1. The first kappa shape index (κ1) is 17.3. The van der Waals surface area contributed by atoms with Crippen molar-refractivity contribution in [3.63, 3.8) is 0 Å². The Labute approximate surface area is 154 Å². The second kappa shape index (κ2) is 7.26. The first-order chi connectivity index (χ1) is 12.6. The molecule has 2 fully saturated rings. The first-order valence-electron chi connectivity index (χ1n) is 10.0. The van der Waals surface area contributed by atoms with Gasteiger partial charge in [0.25, 0.3) is 0 Å². The third-order valence-electron chi connectivity index (χ3n) is 6.43. The van der Waals surface area contributed by atoms with Crippen LogP contribution in [0.1, 0.15) is 49.8 Å². The first-order valence-corrected chi connectivity index (χ1v) is 10.0. The number of rotatable bonds is 4. The van der Waals surface area contributed by atoms with Crippen LogP contribution in [0.5, 0.6) is 0 Å². The number of para-hydroxylation sites is 1. The molecule has 4 rings (SSSR count). The lowest BCUT2D eigenvalue weighted by molar-refractivity contribution is -0.139. The van der Waals surface area contributed by atoms with Gasteiger partial charge < -0.3 is 9.88 Å². The van der Waals surface area contributed by atoms with Gasteiger partial charge in [-0.05, 0) is 63.5 Å². The summed E-state index contributed by atoms with van der Waals surface area (Å²) in [7, 11) is 0. The molecule has 1 amide bonds. The molecule has 0 unspecified atom stereocenters. The minimum atomic E-state index is 0.148. The van der Waals surface area contributed by atoms with E-state index in [2.05, 4.69) is 9.88 Å². The monoisotopic (exact) mass is 352 g/mol. The lowest BCUT2D eigenvalue weighted by atomic mass is 9.83. The maximum absolute atomic E-state index is 12.6. The number of pyridine rings is 1. The Hall–Kier alpha value is -2.10. The van der Waals surface area contributed by atoms with Gasteiger partial charge in [0.05, 0.1) is 0 Å². The molecular weight excluding hydrogens is 324 g/mol. The van der Waals surface area contributed by atoms with Crippen LogP contribution in [-0.2, 0) is 11.2 Å². The van der Waals surface area contributed by atoms with Gasteiger partial charge in [-0.15, -0.1) is 0 Å². The number of carbonyl (C=O) groups is 1. The van der Waals surface area contributed by atoms with Crippen LogP contribution in [-0.4, -0.2) is 28.9 Å². The molecule has 1 aromatic heterocycles. The third-order valence-corrected chi connectivity index (χ3v) is 6.43. The van der Waals surface area contributed by atoms with Crippen molar-refractivity contribution in [2.45, 2.75) is 51.9 Å². The Morgan fingerprint density at radius 2 is 1.88 bits per heavy atom. The number of H-pyrrole nitrogens is 1. The van der Waals surface area contributed by atoms with Crippen LogP contribution in [0.4, 0.5) is 0 Å². The molecule has 1 saturated heterocycles. The van der Waals surface area contributed by atoms with Gasteiger partial charge in [0.1, 0.15) is 0 Å². The summed E-state index contributed by atoms with van der Waals surface area (Å²) in [6, 6.07) is 7.74. The zero-order valence-corrected chi connectivity index (χ0v) is 15.6. The topological polar surface area (TPSA) is 53.2 Å². The van der Waals surface area contributed by atoms with Gasteiger partial charge >= 0.3 is 0 Å². The molecule has 1 aliphatic heterocycles. The van der Waals surface area contributed by atoms with Crippen molar-refractivity contribution in [1.82, 2.24) is 9.88 Å². The Morgan fingerprint density at radius 1 is 1.15 bits per heavy atom. The maximum Gasteiger partial charge on any atom is 0.225 e. The van der Waals surface area contributed by atoms with Gasteiger partial charge in [-0.1, -0.05) is 18.6 Å². The molecule has 2 aromatic rings. The Morgan fingerprint density at radius 3 is 2.58 bits per heavy atom. The summed E-state index contributed by atoms with van der Waals surface area (Å²) in [5.74, 6) is 1.36. The van der Waals surface area contributed by atoms with Gasteiger partial charge in [-0.25, -0.2) is 0 Å². The minimum Gasteiger partial charge on any atom is -0.358 e. The Balaban J connectivity index is 1.36. The molecular formula is C22H28N2O2. The fraction of sp³-hybridized carbons (Fsp3) is 0.545. The number of aryl methyl sites for hydroxylation is 1. The quantitative estimate of drug-likeness (QED) is 0.910. The van der Waals surface area contributed by atoms with E-state index in [1.165, 1.54) is 6.42 Å². The van der Waals surface area contributed by atoms with E-state index in [-0.39, 0.29) is 5.43 Å². The van der Waals surface area contributed by atoms with E-state index in [1.807, 2.05) is 31.2 Å². The van der Waals surface area contributed by atoms with Crippen molar-refractivity contribution in [3.8, 4) is 0 Å². The molecule has 0 spiro atoms. The maximum atomic E-state index is 12.6. The van der Waals surface area contributed by atoms with Gasteiger partial charge in [0.15, 0.2) is 5.43 Å². The van der Waals surface area contributed by atoms with Crippen molar-refractivity contribution >= 4 is 16.8 Å². The number of amides is 1. The molecule has 1 aliphatic carbocycles. The summed E-state index contributed by atoms with van der Waals surface area (Å²) in [5.41, 5.74) is 3.00. The molecule has 2 heterocycles. The summed E-state index contributed by atoms with van der Waals surface area (Å²) < 4.78 is 0. The lowest BCUT2D eigenvalue weighted by Gasteiger charge is -2.36. The summed E-state index contributed by atoms with van der Waals surface area (Å²) in [6.45, 7) is 3.75. The standard InChI is InChI=1S/C22H28N2O2/c1-15-19(23-20-8-3-2-7-18(20)21(15)25)10-9-16-11-13-24(14-12-16)22(26)17-5-4-6-17/h2-3,7-8,16-17H,4-6,9-14H2,1H3,(H,23,25). The number of fused-ring (bicyclic) bond motifs is 1. The number of aromatic amines is 1. The Bertz CT molecular complexity index is 858. The van der Waals surface area contributed by atoms with Crippen molar-refractivity contribution in [3.05, 3.63) is 45.7 Å². The molecule has 1 aromatic carbocycles. The van der Waals surface area contributed by atoms with E-state index in [0.29, 0.717) is 17.7 Å². The molecule has 0 atom stereocenters. The average Bonchev–Trinajstić information content (AvgIpc) is 2.62. The van der Waals surface area contributed by atoms with Gasteiger partial charge in [0.2, 0.25) is 5.91 Å². The molecule has 0 bridgehead atoms. The molecule has 138 valence electrons. The van der Waals surface area contributed by atoms with E-state index < -0.39 is 0 Å². The van der Waals surface area contributed by atoms with Crippen molar-refractivity contribution in [1.29, 1.82) is 0 Å². The predicted molar refractivity (Wildman–Crippen MR) is 104 cm³/mol. The number of likely N-dealkylation sites (tertiary alicyclic amines) is 1. The summed E-state index contributed by atoms with van der Waals surface area (Å²) >= 11 is 0. The second-order valence-corrected chi connectivity index (χ2v) is 8.04. The van der Waals surface area contributed by atoms with Crippen LogP contribution < -0.4 is 5.43 Å². The minimum absolute atomic E-state index is 0.148. The molecule has 0 radical (unpaired) electrons. The van der Waals surface area contributed by atoms with Crippen LogP contribution in [0.3, 0.4) is 0 Å². The molecule has 4 heteroatoms. The number of benzene rings is 1. The van der Waals surface area contributed by atoms with Crippen LogP contribution in [0.25, 0.3) is 10.9 Å². The zero-order valence-electron chi connectivity index (χ0n) is 15.6. The second-order valence-electron chi connectivity index (χ2n) is 8.04. The van der Waals surface area contributed by atoms with Crippen LogP contribution in [0.2, 0.25) is 0 Å². The van der Waals surface area contributed by atoms with Crippen LogP contribution in [0, 0.1) is 18.8 Å². The fourth-order valence-electron chi connectivity index (χ4n) is 4.34. The van der Waals surface area contributed by atoms with E-state index in [4.69, 9.17) is 0 Å². The van der Waals surface area contributed by atoms with E-state index in [0.717, 1.165) is 73.8 Å². The highest BCUT2D eigenvalue weighted by Gasteiger charge is 2.31. The number of carbonyl (C=O) groups excluding carboxylic acids is 1. The number of hydrogen-bond donors (Lipinski definition) is 1. The number of nitrogens with one attached hydrogen (secondary N) is 1. The normalized spacial score (nSPS) is 18.9. The number of hydrogen-bond acceptors (Lipinski definition) is 2. The van der Waals surface area contributed by atoms with E-state index in [9.17, 15) is 9.59 Å². The molecule has 2 aliphatic rings. The predicted octanol–water partition coefficient (Wildman–Crippen LogP) is 3.81. The highest BCUT2D eigenvalue weighted by molar-refractivity contribution is 5.80. The largest absolute Gasteiger partial charge is 0.358 e. The van der Waals surface area contributed by atoms with Crippen LogP contribution in [0.15, 0.2) is 29.1 Å². The fourth-order valence-corrected chi connectivity index (χ4v) is 4.34. The highest BCUT2D eigenvalue weighted by atomic mass is 16.2. The van der Waals surface area contributed by atoms with Gasteiger partial charge in [-0.2, -0.15) is 0 Å². The van der Waals surface area contributed by atoms with Crippen molar-refractivity contribution in [2.24, 2.45) is 11.8 Å². The summed E-state index contributed by atoms with van der Waals surface area (Å²) in [4.78, 5) is 30.5. The Kier molecular flexibility index (Phi) is 4.84. The smallest absolute Gasteiger partial charge is 0.225 e. The summed E-state index contributed by atoms with van der Waals surface area (Å²) in [6.07, 6.45) is 7.58. The van der Waals surface area contributed by atoms with E-state index >= 15 is 0 Å². The average molecular weight is 352 g/mol. The third kappa shape index (κ3) is 3.29. The lowest BCUT2D eigenvalue weighted by Crippen LogP contribution is -2.43. The SMILES string of the molecule is Cc1c(CCC2CCN(C(=O)C3CCC3)CC2)[nH]c2ccccc2c1=O. The highest BCUT2D eigenvalue weighted by Crippen LogP contribution is 2.30. The van der Waals surface area contributed by atoms with Gasteiger partial charge in [0, 0.05) is 41.2 Å². The number of nitrogens with zero attached hydrogens (tertiary/aromatic N) is 1. The van der Waals surface area contributed by atoms with Crippen LogP contribution >= 0.6 is 0 Å². The number of aromatic nitrogens is 1. The molecule has 4 nitrogen and oxygen atoms in total. The van der Waals surface area contributed by atoms with Gasteiger partial charge in [-0.3, -0.25) is 9.59 Å². The molecule has 1 saturated carbocycles. The molecule has 1 N–H and O–H groups in total. The van der Waals surface area contributed by atoms with Crippen molar-refractivity contribution < 1.29 is 4.79 Å². The molecule has 26 heavy (non-hydrogen) atoms. The number of piperidine rings is 1. The van der Waals surface area contributed by atoms with Crippen molar-refractivity contribution in [2.75, 3.05) is 13.1 Å².